The van der Waals surface area contributed by atoms with E-state index in [1.165, 1.54) is 0 Å². The number of carbonyl (C=O) groups excluding carboxylic acids is 1. The average Bonchev–Trinajstić information content (AvgIpc) is 2.65. The van der Waals surface area contributed by atoms with Crippen molar-refractivity contribution < 1.29 is 9.53 Å². The Morgan fingerprint density at radius 1 is 0.920 bits per heavy atom. The van der Waals surface area contributed by atoms with E-state index in [4.69, 9.17) is 10.5 Å². The predicted molar refractivity (Wildman–Crippen MR) is 100 cm³/mol. The third-order valence-electron chi connectivity index (χ3n) is 3.67. The van der Waals surface area contributed by atoms with E-state index < -0.39 is 0 Å². The lowest BCUT2D eigenvalue weighted by molar-refractivity contribution is 0.0963. The monoisotopic (exact) mass is 333 g/mol. The lowest BCUT2D eigenvalue weighted by Crippen LogP contribution is -2.17. The zero-order valence-electron chi connectivity index (χ0n) is 13.8. The third-order valence-corrected chi connectivity index (χ3v) is 3.67. The summed E-state index contributed by atoms with van der Waals surface area (Å²) in [5.41, 5.74) is 8.56. The van der Waals surface area contributed by atoms with Gasteiger partial charge < -0.3 is 21.1 Å². The number of nitrogens with one attached hydrogen (secondary N) is 2. The van der Waals surface area contributed by atoms with Crippen molar-refractivity contribution in [1.29, 1.82) is 0 Å². The molecule has 0 aliphatic carbocycles. The van der Waals surface area contributed by atoms with Gasteiger partial charge in [0.25, 0.3) is 5.91 Å². The molecule has 0 spiro atoms. The Balaban J connectivity index is 1.85. The van der Waals surface area contributed by atoms with Crippen LogP contribution in [0.15, 0.2) is 72.8 Å². The standard InChI is InChI=1S/C20H19N3O2/c1-22-20(24)14-11-12-17(16(21)13-14)23-18-9-5-6-10-19(18)25-15-7-3-2-4-8-15/h2-13,23H,21H2,1H3,(H,22,24). The molecule has 0 bridgehead atoms. The number of para-hydroxylation sites is 3. The zero-order chi connectivity index (χ0) is 17.6. The molecular formula is C20H19N3O2. The number of amides is 1. The second-order valence-corrected chi connectivity index (χ2v) is 5.42. The summed E-state index contributed by atoms with van der Waals surface area (Å²) in [6.07, 6.45) is 0. The Morgan fingerprint density at radius 3 is 2.36 bits per heavy atom. The van der Waals surface area contributed by atoms with Crippen LogP contribution in [0.25, 0.3) is 0 Å². The largest absolute Gasteiger partial charge is 0.455 e. The molecule has 25 heavy (non-hydrogen) atoms. The molecule has 0 heterocycles. The Kier molecular flexibility index (Phi) is 4.85. The molecule has 126 valence electrons. The number of ether oxygens (including phenoxy) is 1. The van der Waals surface area contributed by atoms with E-state index in [9.17, 15) is 4.79 Å². The lowest BCUT2D eigenvalue weighted by Gasteiger charge is -2.15. The Hall–Kier alpha value is -3.47. The summed E-state index contributed by atoms with van der Waals surface area (Å²) in [7, 11) is 1.59. The summed E-state index contributed by atoms with van der Waals surface area (Å²) < 4.78 is 5.93. The summed E-state index contributed by atoms with van der Waals surface area (Å²) in [5, 5.41) is 5.84. The van der Waals surface area contributed by atoms with Gasteiger partial charge in [-0.05, 0) is 42.5 Å². The van der Waals surface area contributed by atoms with E-state index in [-0.39, 0.29) is 5.91 Å². The highest BCUT2D eigenvalue weighted by Gasteiger charge is 2.09. The fraction of sp³-hybridized carbons (Fsp3) is 0.0500. The maximum absolute atomic E-state index is 11.7. The maximum atomic E-state index is 11.7. The van der Waals surface area contributed by atoms with Crippen molar-refractivity contribution in [2.24, 2.45) is 0 Å². The van der Waals surface area contributed by atoms with Gasteiger partial charge in [0.2, 0.25) is 0 Å². The second kappa shape index (κ2) is 7.40. The van der Waals surface area contributed by atoms with Crippen LogP contribution in [-0.2, 0) is 0 Å². The minimum absolute atomic E-state index is 0.175. The first-order chi connectivity index (χ1) is 12.2. The van der Waals surface area contributed by atoms with E-state index in [0.717, 1.165) is 11.4 Å². The number of hydrogen-bond acceptors (Lipinski definition) is 4. The van der Waals surface area contributed by atoms with Gasteiger partial charge in [-0.15, -0.1) is 0 Å². The van der Waals surface area contributed by atoms with Crippen molar-refractivity contribution in [1.82, 2.24) is 5.32 Å². The van der Waals surface area contributed by atoms with Gasteiger partial charge in [0.15, 0.2) is 5.75 Å². The SMILES string of the molecule is CNC(=O)c1ccc(Nc2ccccc2Oc2ccccc2)c(N)c1. The van der Waals surface area contributed by atoms with Crippen molar-refractivity contribution in [3.05, 3.63) is 78.4 Å². The average molecular weight is 333 g/mol. The molecular weight excluding hydrogens is 314 g/mol. The van der Waals surface area contributed by atoms with Crippen LogP contribution in [0, 0.1) is 0 Å². The molecule has 0 aliphatic heterocycles. The normalized spacial score (nSPS) is 10.1. The quantitative estimate of drug-likeness (QED) is 0.613. The number of nitrogens with two attached hydrogens (primary N) is 1. The van der Waals surface area contributed by atoms with Gasteiger partial charge in [-0.1, -0.05) is 30.3 Å². The maximum Gasteiger partial charge on any atom is 0.251 e. The highest BCUT2D eigenvalue weighted by molar-refractivity contribution is 5.96. The molecule has 0 atom stereocenters. The zero-order valence-corrected chi connectivity index (χ0v) is 13.8. The third kappa shape index (κ3) is 3.90. The van der Waals surface area contributed by atoms with Gasteiger partial charge in [0.05, 0.1) is 17.1 Å². The molecule has 3 aromatic rings. The second-order valence-electron chi connectivity index (χ2n) is 5.42. The molecule has 0 aromatic heterocycles. The smallest absolute Gasteiger partial charge is 0.251 e. The van der Waals surface area contributed by atoms with E-state index in [1.807, 2.05) is 54.6 Å². The van der Waals surface area contributed by atoms with E-state index in [2.05, 4.69) is 10.6 Å². The van der Waals surface area contributed by atoms with Crippen molar-refractivity contribution in [3.8, 4) is 11.5 Å². The summed E-state index contributed by atoms with van der Waals surface area (Å²) in [5.74, 6) is 1.26. The summed E-state index contributed by atoms with van der Waals surface area (Å²) in [6.45, 7) is 0. The Bertz CT molecular complexity index is 879. The van der Waals surface area contributed by atoms with E-state index in [0.29, 0.717) is 22.7 Å². The van der Waals surface area contributed by atoms with Crippen molar-refractivity contribution >= 4 is 23.0 Å². The van der Waals surface area contributed by atoms with Gasteiger partial charge in [-0.2, -0.15) is 0 Å². The van der Waals surface area contributed by atoms with Crippen LogP contribution >= 0.6 is 0 Å². The van der Waals surface area contributed by atoms with Gasteiger partial charge in [-0.3, -0.25) is 4.79 Å². The first-order valence-electron chi connectivity index (χ1n) is 7.88. The number of rotatable bonds is 5. The predicted octanol–water partition coefficient (Wildman–Crippen LogP) is 4.16. The molecule has 0 radical (unpaired) electrons. The summed E-state index contributed by atoms with van der Waals surface area (Å²) >= 11 is 0. The van der Waals surface area contributed by atoms with Gasteiger partial charge in [0, 0.05) is 12.6 Å². The molecule has 4 N–H and O–H groups in total. The van der Waals surface area contributed by atoms with Crippen LogP contribution in [0.2, 0.25) is 0 Å². The van der Waals surface area contributed by atoms with Crippen LogP contribution in [0.4, 0.5) is 17.1 Å². The molecule has 5 nitrogen and oxygen atoms in total. The van der Waals surface area contributed by atoms with Crippen molar-refractivity contribution in [2.75, 3.05) is 18.1 Å². The van der Waals surface area contributed by atoms with Crippen molar-refractivity contribution in [3.63, 3.8) is 0 Å². The minimum Gasteiger partial charge on any atom is -0.455 e. The lowest BCUT2D eigenvalue weighted by atomic mass is 10.1. The molecule has 3 rings (SSSR count). The minimum atomic E-state index is -0.175. The number of hydrogen-bond donors (Lipinski definition) is 3. The van der Waals surface area contributed by atoms with Gasteiger partial charge >= 0.3 is 0 Å². The molecule has 0 saturated carbocycles. The molecule has 0 saturated heterocycles. The highest BCUT2D eigenvalue weighted by Crippen LogP contribution is 2.33. The Morgan fingerprint density at radius 2 is 1.64 bits per heavy atom. The first-order valence-corrected chi connectivity index (χ1v) is 7.88. The molecule has 5 heteroatoms. The Labute approximate surface area is 146 Å². The molecule has 0 aliphatic rings. The van der Waals surface area contributed by atoms with Crippen LogP contribution in [-0.4, -0.2) is 13.0 Å². The number of carbonyl (C=O) groups is 1. The fourth-order valence-electron chi connectivity index (χ4n) is 2.38. The van der Waals surface area contributed by atoms with Crippen LogP contribution < -0.4 is 21.1 Å². The van der Waals surface area contributed by atoms with Crippen LogP contribution in [0.5, 0.6) is 11.5 Å². The first kappa shape index (κ1) is 16.4. The molecule has 0 fully saturated rings. The molecule has 1 amide bonds. The van der Waals surface area contributed by atoms with Gasteiger partial charge in [0.1, 0.15) is 5.75 Å². The summed E-state index contributed by atoms with van der Waals surface area (Å²) in [4.78, 5) is 11.7. The van der Waals surface area contributed by atoms with E-state index in [1.54, 1.807) is 25.2 Å². The number of nitrogen functional groups attached to an aromatic ring is 1. The number of benzene rings is 3. The van der Waals surface area contributed by atoms with Crippen LogP contribution in [0.1, 0.15) is 10.4 Å². The topological polar surface area (TPSA) is 76.4 Å². The molecule has 0 unspecified atom stereocenters. The number of anilines is 3. The van der Waals surface area contributed by atoms with Crippen LogP contribution in [0.3, 0.4) is 0 Å². The molecule has 3 aromatic carbocycles. The fourth-order valence-corrected chi connectivity index (χ4v) is 2.38. The van der Waals surface area contributed by atoms with Crippen molar-refractivity contribution in [2.45, 2.75) is 0 Å². The summed E-state index contributed by atoms with van der Waals surface area (Å²) in [6, 6.07) is 22.3. The van der Waals surface area contributed by atoms with E-state index >= 15 is 0 Å². The van der Waals surface area contributed by atoms with Gasteiger partial charge in [-0.25, -0.2) is 0 Å². The highest BCUT2D eigenvalue weighted by atomic mass is 16.5.